The van der Waals surface area contributed by atoms with Gasteiger partial charge in [-0.05, 0) is 50.3 Å². The normalized spacial score (nSPS) is 21.1. The molecule has 112 valence electrons. The topological polar surface area (TPSA) is 15.3 Å². The average molecular weight is 274 g/mol. The first-order chi connectivity index (χ1) is 9.35. The molecule has 1 heterocycles. The number of hydrogen-bond donors (Lipinski definition) is 1. The molecule has 0 bridgehead atoms. The third kappa shape index (κ3) is 3.01. The monoisotopic (exact) mass is 274 g/mol. The summed E-state index contributed by atoms with van der Waals surface area (Å²) in [5.74, 6) is 0.641. The molecule has 2 rings (SSSR count). The van der Waals surface area contributed by atoms with Crippen molar-refractivity contribution >= 4 is 5.69 Å². The van der Waals surface area contributed by atoms with E-state index in [4.69, 9.17) is 0 Å². The van der Waals surface area contributed by atoms with E-state index in [2.05, 4.69) is 70.0 Å². The average Bonchev–Trinajstić information content (AvgIpc) is 2.36. The van der Waals surface area contributed by atoms with Crippen molar-refractivity contribution in [3.05, 3.63) is 29.3 Å². The second-order valence-electron chi connectivity index (χ2n) is 7.09. The van der Waals surface area contributed by atoms with E-state index in [-0.39, 0.29) is 5.54 Å². The third-order valence-electron chi connectivity index (χ3n) is 4.48. The molecule has 1 atom stereocenters. The standard InChI is InChI=1S/C18H30N2/c1-7-20-17-9-8-15(12-19-13(2)3)10-16(17)14(4)11-18(20,5)6/h8-10,13-14,19H,7,11-12H2,1-6H3/t14-/m0/s1. The second kappa shape index (κ2) is 5.77. The van der Waals surface area contributed by atoms with Gasteiger partial charge in [0.2, 0.25) is 0 Å². The van der Waals surface area contributed by atoms with Crippen LogP contribution in [0.15, 0.2) is 18.2 Å². The minimum Gasteiger partial charge on any atom is -0.366 e. The van der Waals surface area contributed by atoms with Gasteiger partial charge in [-0.25, -0.2) is 0 Å². The van der Waals surface area contributed by atoms with E-state index in [0.29, 0.717) is 12.0 Å². The second-order valence-corrected chi connectivity index (χ2v) is 7.09. The van der Waals surface area contributed by atoms with Crippen molar-refractivity contribution in [2.24, 2.45) is 0 Å². The molecule has 2 heteroatoms. The van der Waals surface area contributed by atoms with Crippen LogP contribution in [0.3, 0.4) is 0 Å². The Kier molecular flexibility index (Phi) is 4.43. The van der Waals surface area contributed by atoms with Crippen molar-refractivity contribution in [3.63, 3.8) is 0 Å². The van der Waals surface area contributed by atoms with Gasteiger partial charge in [0.05, 0.1) is 0 Å². The van der Waals surface area contributed by atoms with Crippen molar-refractivity contribution in [3.8, 4) is 0 Å². The van der Waals surface area contributed by atoms with Gasteiger partial charge in [-0.2, -0.15) is 0 Å². The zero-order valence-corrected chi connectivity index (χ0v) is 14.0. The smallest absolute Gasteiger partial charge is 0.0406 e. The molecule has 1 aliphatic rings. The molecule has 20 heavy (non-hydrogen) atoms. The van der Waals surface area contributed by atoms with Gasteiger partial charge in [0.15, 0.2) is 0 Å². The van der Waals surface area contributed by atoms with Crippen LogP contribution in [0, 0.1) is 0 Å². The maximum absolute atomic E-state index is 3.51. The lowest BCUT2D eigenvalue weighted by molar-refractivity contribution is 0.381. The predicted molar refractivity (Wildman–Crippen MR) is 88.5 cm³/mol. The van der Waals surface area contributed by atoms with Crippen LogP contribution in [0.4, 0.5) is 5.69 Å². The largest absolute Gasteiger partial charge is 0.366 e. The highest BCUT2D eigenvalue weighted by Gasteiger charge is 2.35. The lowest BCUT2D eigenvalue weighted by atomic mass is 9.79. The van der Waals surface area contributed by atoms with E-state index in [1.165, 1.54) is 23.2 Å². The van der Waals surface area contributed by atoms with E-state index >= 15 is 0 Å². The first kappa shape index (κ1) is 15.4. The molecular weight excluding hydrogens is 244 g/mol. The lowest BCUT2D eigenvalue weighted by Crippen LogP contribution is -2.48. The van der Waals surface area contributed by atoms with Crippen molar-refractivity contribution in [2.75, 3.05) is 11.4 Å². The van der Waals surface area contributed by atoms with Crippen molar-refractivity contribution in [2.45, 2.75) is 72.0 Å². The Morgan fingerprint density at radius 3 is 2.65 bits per heavy atom. The molecule has 0 amide bonds. The molecule has 1 aliphatic heterocycles. The molecule has 1 aromatic carbocycles. The van der Waals surface area contributed by atoms with Crippen LogP contribution < -0.4 is 10.2 Å². The quantitative estimate of drug-likeness (QED) is 0.880. The van der Waals surface area contributed by atoms with Crippen LogP contribution in [0.5, 0.6) is 0 Å². The van der Waals surface area contributed by atoms with Crippen molar-refractivity contribution in [1.29, 1.82) is 0 Å². The molecule has 0 unspecified atom stereocenters. The molecule has 1 N–H and O–H groups in total. The van der Waals surface area contributed by atoms with Gasteiger partial charge in [0, 0.05) is 30.4 Å². The Morgan fingerprint density at radius 2 is 2.05 bits per heavy atom. The van der Waals surface area contributed by atoms with Gasteiger partial charge >= 0.3 is 0 Å². The van der Waals surface area contributed by atoms with E-state index in [9.17, 15) is 0 Å². The fourth-order valence-corrected chi connectivity index (χ4v) is 3.57. The Hall–Kier alpha value is -1.02. The number of anilines is 1. The molecule has 0 saturated carbocycles. The molecule has 0 radical (unpaired) electrons. The minimum absolute atomic E-state index is 0.263. The minimum atomic E-state index is 0.263. The molecule has 0 fully saturated rings. The summed E-state index contributed by atoms with van der Waals surface area (Å²) in [5.41, 5.74) is 4.62. The molecule has 0 aliphatic carbocycles. The van der Waals surface area contributed by atoms with E-state index in [0.717, 1.165) is 13.1 Å². The summed E-state index contributed by atoms with van der Waals surface area (Å²) in [7, 11) is 0. The number of rotatable bonds is 4. The Morgan fingerprint density at radius 1 is 1.35 bits per heavy atom. The molecule has 0 aromatic heterocycles. The zero-order chi connectivity index (χ0) is 14.9. The maximum atomic E-state index is 3.51. The highest BCUT2D eigenvalue weighted by Crippen LogP contribution is 2.43. The summed E-state index contributed by atoms with van der Waals surface area (Å²) in [6, 6.07) is 7.56. The summed E-state index contributed by atoms with van der Waals surface area (Å²) in [6.45, 7) is 15.8. The van der Waals surface area contributed by atoms with Crippen LogP contribution in [0.2, 0.25) is 0 Å². The van der Waals surface area contributed by atoms with Gasteiger partial charge in [-0.3, -0.25) is 0 Å². The molecule has 2 nitrogen and oxygen atoms in total. The Bertz CT molecular complexity index is 462. The van der Waals surface area contributed by atoms with Crippen molar-refractivity contribution < 1.29 is 0 Å². The molecular formula is C18H30N2. The maximum Gasteiger partial charge on any atom is 0.0406 e. The first-order valence-electron chi connectivity index (χ1n) is 7.99. The highest BCUT2D eigenvalue weighted by atomic mass is 15.2. The summed E-state index contributed by atoms with van der Waals surface area (Å²) < 4.78 is 0. The third-order valence-corrected chi connectivity index (χ3v) is 4.48. The molecule has 0 saturated heterocycles. The Labute approximate surface area is 124 Å². The fourth-order valence-electron chi connectivity index (χ4n) is 3.57. The van der Waals surface area contributed by atoms with Crippen LogP contribution >= 0.6 is 0 Å². The van der Waals surface area contributed by atoms with Gasteiger partial charge in [-0.1, -0.05) is 32.9 Å². The zero-order valence-electron chi connectivity index (χ0n) is 14.0. The SMILES string of the molecule is CCN1c2ccc(CNC(C)C)cc2[C@@H](C)CC1(C)C. The van der Waals surface area contributed by atoms with E-state index in [1.807, 2.05) is 0 Å². The Balaban J connectivity index is 2.31. The number of nitrogens with one attached hydrogen (secondary N) is 1. The van der Waals surface area contributed by atoms with E-state index < -0.39 is 0 Å². The molecule has 1 aromatic rings. The summed E-state index contributed by atoms with van der Waals surface area (Å²) in [4.78, 5) is 2.56. The number of fused-ring (bicyclic) bond motifs is 1. The van der Waals surface area contributed by atoms with Crippen LogP contribution in [-0.4, -0.2) is 18.1 Å². The molecule has 0 spiro atoms. The summed E-state index contributed by atoms with van der Waals surface area (Å²) >= 11 is 0. The first-order valence-corrected chi connectivity index (χ1v) is 7.99. The predicted octanol–water partition coefficient (Wildman–Crippen LogP) is 4.30. The number of nitrogens with zero attached hydrogens (tertiary/aromatic N) is 1. The highest BCUT2D eigenvalue weighted by molar-refractivity contribution is 5.60. The van der Waals surface area contributed by atoms with Crippen LogP contribution in [0.1, 0.15) is 65.0 Å². The lowest BCUT2D eigenvalue weighted by Gasteiger charge is -2.47. The van der Waals surface area contributed by atoms with Crippen LogP contribution in [-0.2, 0) is 6.54 Å². The summed E-state index contributed by atoms with van der Waals surface area (Å²) in [6.07, 6.45) is 1.23. The van der Waals surface area contributed by atoms with Crippen LogP contribution in [0.25, 0.3) is 0 Å². The fraction of sp³-hybridized carbons (Fsp3) is 0.667. The number of hydrogen-bond acceptors (Lipinski definition) is 2. The van der Waals surface area contributed by atoms with Gasteiger partial charge in [0.25, 0.3) is 0 Å². The van der Waals surface area contributed by atoms with Gasteiger partial charge < -0.3 is 10.2 Å². The van der Waals surface area contributed by atoms with Gasteiger partial charge in [-0.15, -0.1) is 0 Å². The number of benzene rings is 1. The van der Waals surface area contributed by atoms with Crippen molar-refractivity contribution in [1.82, 2.24) is 5.32 Å². The van der Waals surface area contributed by atoms with Gasteiger partial charge in [0.1, 0.15) is 0 Å². The summed E-state index contributed by atoms with van der Waals surface area (Å²) in [5, 5.41) is 3.51. The van der Waals surface area contributed by atoms with E-state index in [1.54, 1.807) is 0 Å².